The van der Waals surface area contributed by atoms with Crippen LogP contribution < -0.4 is 15.4 Å². The van der Waals surface area contributed by atoms with Crippen molar-refractivity contribution in [1.29, 1.82) is 0 Å². The predicted molar refractivity (Wildman–Crippen MR) is 122 cm³/mol. The number of aliphatic imine (C=N–C) groups is 1. The molecule has 2 rings (SSSR count). The van der Waals surface area contributed by atoms with Gasteiger partial charge in [0.2, 0.25) is 10.0 Å². The minimum atomic E-state index is -3.62. The number of benzene rings is 1. The van der Waals surface area contributed by atoms with Gasteiger partial charge in [0, 0.05) is 32.3 Å². The maximum absolute atomic E-state index is 12.8. The van der Waals surface area contributed by atoms with Gasteiger partial charge in [-0.05, 0) is 64.0 Å². The van der Waals surface area contributed by atoms with E-state index in [4.69, 9.17) is 4.74 Å². The first kappa shape index (κ1) is 24.6. The Morgan fingerprint density at radius 2 is 1.90 bits per heavy atom. The Hall–Kier alpha value is -1.64. The first-order valence-corrected chi connectivity index (χ1v) is 12.2. The Bertz CT molecular complexity index is 812. The Morgan fingerprint density at radius 3 is 2.47 bits per heavy atom. The van der Waals surface area contributed by atoms with E-state index in [0.29, 0.717) is 11.5 Å². The van der Waals surface area contributed by atoms with Crippen molar-refractivity contribution >= 4 is 16.0 Å². The van der Waals surface area contributed by atoms with Gasteiger partial charge in [-0.25, -0.2) is 18.1 Å². The number of nitrogens with zero attached hydrogens (tertiary/aromatic N) is 1. The van der Waals surface area contributed by atoms with Crippen LogP contribution in [0.4, 0.5) is 0 Å². The number of methoxy groups -OCH3 is 1. The van der Waals surface area contributed by atoms with E-state index in [0.717, 1.165) is 26.1 Å². The van der Waals surface area contributed by atoms with Crippen molar-refractivity contribution in [2.24, 2.45) is 10.4 Å². The quantitative estimate of drug-likeness (QED) is 0.386. The number of ether oxygens (including phenoxy) is 1. The van der Waals surface area contributed by atoms with E-state index in [2.05, 4.69) is 20.3 Å². The van der Waals surface area contributed by atoms with Crippen molar-refractivity contribution in [3.63, 3.8) is 0 Å². The average molecular weight is 439 g/mol. The van der Waals surface area contributed by atoms with Crippen molar-refractivity contribution < 1.29 is 13.2 Å². The van der Waals surface area contributed by atoms with E-state index in [1.807, 2.05) is 39.8 Å². The topological polar surface area (TPSA) is 91.8 Å². The molecule has 0 bridgehead atoms. The Kier molecular flexibility index (Phi) is 8.70. The Morgan fingerprint density at radius 1 is 1.20 bits per heavy atom. The molecule has 170 valence electrons. The third-order valence-corrected chi connectivity index (χ3v) is 7.19. The summed E-state index contributed by atoms with van der Waals surface area (Å²) in [7, 11) is -1.88. The summed E-state index contributed by atoms with van der Waals surface area (Å²) in [4.78, 5) is 4.94. The highest BCUT2D eigenvalue weighted by Crippen LogP contribution is 2.43. The van der Waals surface area contributed by atoms with Crippen LogP contribution in [-0.4, -0.2) is 46.7 Å². The molecule has 1 saturated carbocycles. The van der Waals surface area contributed by atoms with E-state index in [1.165, 1.54) is 19.3 Å². The van der Waals surface area contributed by atoms with Crippen LogP contribution >= 0.6 is 0 Å². The number of guanidine groups is 1. The number of nitrogens with one attached hydrogen (secondary N) is 3. The molecule has 8 heteroatoms. The van der Waals surface area contributed by atoms with Gasteiger partial charge in [0.25, 0.3) is 0 Å². The normalized spacial score (nSPS) is 16.8. The van der Waals surface area contributed by atoms with Crippen molar-refractivity contribution in [2.75, 3.05) is 26.8 Å². The smallest absolute Gasteiger partial charge is 0.241 e. The molecule has 0 saturated heterocycles. The molecule has 0 aliphatic heterocycles. The van der Waals surface area contributed by atoms with Crippen LogP contribution in [0.15, 0.2) is 34.2 Å². The summed E-state index contributed by atoms with van der Waals surface area (Å²) in [6.07, 6.45) is 4.69. The van der Waals surface area contributed by atoms with Crippen LogP contribution in [0.3, 0.4) is 0 Å². The zero-order valence-corrected chi connectivity index (χ0v) is 19.9. The second-order valence-electron chi connectivity index (χ2n) is 9.11. The number of hydrogen-bond donors (Lipinski definition) is 3. The lowest BCUT2D eigenvalue weighted by atomic mass is 9.67. The fraction of sp³-hybridized carbons (Fsp3) is 0.682. The SMILES string of the molecule is CCNC(=NCc1ccccc1S(=O)(=O)NC(C)(C)C)NCC1(CCOC)CCC1. The second-order valence-corrected chi connectivity index (χ2v) is 10.8. The molecule has 0 amide bonds. The van der Waals surface area contributed by atoms with Gasteiger partial charge in [0.15, 0.2) is 5.96 Å². The molecule has 1 aromatic carbocycles. The molecule has 0 heterocycles. The van der Waals surface area contributed by atoms with Gasteiger partial charge in [0.05, 0.1) is 11.4 Å². The standard InChI is InChI=1S/C22H38N4O3S/c1-6-23-20(25-17-22(12-9-13-22)14-15-29-5)24-16-18-10-7-8-11-19(18)30(27,28)26-21(2,3)4/h7-8,10-11,26H,6,9,12-17H2,1-5H3,(H2,23,24,25). The average Bonchev–Trinajstić information content (AvgIpc) is 2.63. The number of sulfonamides is 1. The fourth-order valence-corrected chi connectivity index (χ4v) is 5.29. The molecule has 7 nitrogen and oxygen atoms in total. The highest BCUT2D eigenvalue weighted by atomic mass is 32.2. The molecule has 3 N–H and O–H groups in total. The monoisotopic (exact) mass is 438 g/mol. The maximum atomic E-state index is 12.8. The van der Waals surface area contributed by atoms with Gasteiger partial charge < -0.3 is 15.4 Å². The van der Waals surface area contributed by atoms with Gasteiger partial charge in [0.1, 0.15) is 0 Å². The van der Waals surface area contributed by atoms with Crippen molar-refractivity contribution in [2.45, 2.75) is 70.4 Å². The van der Waals surface area contributed by atoms with E-state index in [9.17, 15) is 8.42 Å². The zero-order chi connectivity index (χ0) is 22.3. The summed E-state index contributed by atoms with van der Waals surface area (Å²) in [5, 5.41) is 6.73. The molecular formula is C22H38N4O3S. The largest absolute Gasteiger partial charge is 0.385 e. The Labute approximate surface area is 182 Å². The molecule has 0 atom stereocenters. The van der Waals surface area contributed by atoms with E-state index in [1.54, 1.807) is 19.2 Å². The highest BCUT2D eigenvalue weighted by Gasteiger charge is 2.36. The minimum Gasteiger partial charge on any atom is -0.385 e. The summed E-state index contributed by atoms with van der Waals surface area (Å²) < 4.78 is 33.7. The number of rotatable bonds is 10. The molecular weight excluding hydrogens is 400 g/mol. The van der Waals surface area contributed by atoms with E-state index >= 15 is 0 Å². The maximum Gasteiger partial charge on any atom is 0.241 e. The first-order valence-electron chi connectivity index (χ1n) is 10.7. The molecule has 1 aliphatic rings. The molecule has 1 aromatic rings. The lowest BCUT2D eigenvalue weighted by Gasteiger charge is -2.42. The first-order chi connectivity index (χ1) is 14.1. The molecule has 0 spiro atoms. The van der Waals surface area contributed by atoms with E-state index in [-0.39, 0.29) is 16.9 Å². The second kappa shape index (κ2) is 10.6. The van der Waals surface area contributed by atoms with Gasteiger partial charge in [-0.3, -0.25) is 0 Å². The zero-order valence-electron chi connectivity index (χ0n) is 19.0. The summed E-state index contributed by atoms with van der Waals surface area (Å²) in [5.74, 6) is 0.706. The summed E-state index contributed by atoms with van der Waals surface area (Å²) in [5.41, 5.74) is 0.388. The Balaban J connectivity index is 2.13. The van der Waals surface area contributed by atoms with E-state index < -0.39 is 15.6 Å². The molecule has 1 fully saturated rings. The van der Waals surface area contributed by atoms with Gasteiger partial charge in [-0.2, -0.15) is 0 Å². The molecule has 0 aromatic heterocycles. The summed E-state index contributed by atoms with van der Waals surface area (Å²) >= 11 is 0. The van der Waals surface area contributed by atoms with Crippen LogP contribution in [0.25, 0.3) is 0 Å². The van der Waals surface area contributed by atoms with Crippen molar-refractivity contribution in [3.8, 4) is 0 Å². The van der Waals surface area contributed by atoms with Crippen LogP contribution in [0.1, 0.15) is 58.9 Å². The minimum absolute atomic E-state index is 0.268. The molecule has 0 radical (unpaired) electrons. The van der Waals surface area contributed by atoms with Crippen LogP contribution in [0.5, 0.6) is 0 Å². The molecule has 1 aliphatic carbocycles. The lowest BCUT2D eigenvalue weighted by Crippen LogP contribution is -2.47. The van der Waals surface area contributed by atoms with Gasteiger partial charge in [-0.1, -0.05) is 24.6 Å². The van der Waals surface area contributed by atoms with Gasteiger partial charge >= 0.3 is 0 Å². The van der Waals surface area contributed by atoms with Gasteiger partial charge in [-0.15, -0.1) is 0 Å². The van der Waals surface area contributed by atoms with Crippen molar-refractivity contribution in [3.05, 3.63) is 29.8 Å². The van der Waals surface area contributed by atoms with Crippen LogP contribution in [-0.2, 0) is 21.3 Å². The highest BCUT2D eigenvalue weighted by molar-refractivity contribution is 7.89. The van der Waals surface area contributed by atoms with Crippen LogP contribution in [0.2, 0.25) is 0 Å². The molecule has 30 heavy (non-hydrogen) atoms. The predicted octanol–water partition coefficient (Wildman–Crippen LogP) is 3.03. The third-order valence-electron chi connectivity index (χ3n) is 5.34. The summed E-state index contributed by atoms with van der Waals surface area (Å²) in [6, 6.07) is 7.03. The third kappa shape index (κ3) is 7.25. The lowest BCUT2D eigenvalue weighted by molar-refractivity contribution is 0.0732. The van der Waals surface area contributed by atoms with Crippen molar-refractivity contribution in [1.82, 2.24) is 15.4 Å². The number of hydrogen-bond acceptors (Lipinski definition) is 4. The van der Waals surface area contributed by atoms with Crippen LogP contribution in [0, 0.1) is 5.41 Å². The fourth-order valence-electron chi connectivity index (χ4n) is 3.64. The summed E-state index contributed by atoms with van der Waals surface area (Å²) in [6.45, 7) is 10.1. The molecule has 0 unspecified atom stereocenters.